The van der Waals surface area contributed by atoms with E-state index in [2.05, 4.69) is 24.1 Å². The number of phenolic OH excluding ortho intramolecular Hbond substituents is 1. The van der Waals surface area contributed by atoms with E-state index in [1.165, 1.54) is 56.2 Å². The summed E-state index contributed by atoms with van der Waals surface area (Å²) < 4.78 is 0. The van der Waals surface area contributed by atoms with Crippen LogP contribution in [0.5, 0.6) is 5.75 Å². The number of likely N-dealkylation sites (tertiary alicyclic amines) is 1. The quantitative estimate of drug-likeness (QED) is 0.772. The maximum atomic E-state index is 9.91. The Kier molecular flexibility index (Phi) is 2.47. The number of hydrogen-bond donors (Lipinski definition) is 1. The monoisotopic (exact) mass is 257 g/mol. The van der Waals surface area contributed by atoms with Crippen molar-refractivity contribution in [2.75, 3.05) is 13.6 Å². The van der Waals surface area contributed by atoms with Gasteiger partial charge in [-0.2, -0.15) is 0 Å². The van der Waals surface area contributed by atoms with Gasteiger partial charge in [-0.3, -0.25) is 0 Å². The number of benzene rings is 1. The fourth-order valence-electron chi connectivity index (χ4n) is 5.18. The van der Waals surface area contributed by atoms with Crippen LogP contribution >= 0.6 is 0 Å². The molecule has 2 unspecified atom stereocenters. The smallest absolute Gasteiger partial charge is 0.115 e. The highest BCUT2D eigenvalue weighted by Gasteiger charge is 2.52. The number of nitrogens with zero attached hydrogens (tertiary/aromatic N) is 1. The SMILES string of the molecule is CN1CC[C@@]23CCCCC2C1Cc1ccc(O)cc13. The van der Waals surface area contributed by atoms with E-state index in [9.17, 15) is 5.11 Å². The van der Waals surface area contributed by atoms with Crippen molar-refractivity contribution in [1.29, 1.82) is 0 Å². The van der Waals surface area contributed by atoms with Crippen molar-refractivity contribution in [3.8, 4) is 5.75 Å². The Hall–Kier alpha value is -1.02. The molecule has 19 heavy (non-hydrogen) atoms. The second kappa shape index (κ2) is 3.99. The van der Waals surface area contributed by atoms with Crippen LogP contribution in [0.15, 0.2) is 18.2 Å². The number of likely N-dealkylation sites (N-methyl/N-ethyl adjacent to an activating group) is 1. The van der Waals surface area contributed by atoms with Crippen LogP contribution in [-0.2, 0) is 11.8 Å². The van der Waals surface area contributed by atoms with Gasteiger partial charge in [-0.25, -0.2) is 0 Å². The molecule has 0 spiro atoms. The summed E-state index contributed by atoms with van der Waals surface area (Å²) in [4.78, 5) is 2.59. The lowest BCUT2D eigenvalue weighted by molar-refractivity contribution is 0.00274. The average molecular weight is 257 g/mol. The lowest BCUT2D eigenvalue weighted by Crippen LogP contribution is -2.59. The molecule has 0 radical (unpaired) electrons. The highest BCUT2D eigenvalue weighted by molar-refractivity contribution is 5.45. The molecule has 1 saturated heterocycles. The summed E-state index contributed by atoms with van der Waals surface area (Å²) in [6.07, 6.45) is 7.93. The van der Waals surface area contributed by atoms with E-state index in [0.717, 1.165) is 12.0 Å². The first-order valence-electron chi connectivity index (χ1n) is 7.73. The van der Waals surface area contributed by atoms with Crippen LogP contribution in [0.25, 0.3) is 0 Å². The zero-order valence-corrected chi connectivity index (χ0v) is 11.7. The molecule has 1 aromatic carbocycles. The van der Waals surface area contributed by atoms with Gasteiger partial charge in [0.25, 0.3) is 0 Å². The fraction of sp³-hybridized carbons (Fsp3) is 0.647. The second-order valence-electron chi connectivity index (χ2n) is 6.85. The van der Waals surface area contributed by atoms with Crippen LogP contribution in [-0.4, -0.2) is 29.6 Å². The van der Waals surface area contributed by atoms with Crippen LogP contribution in [0, 0.1) is 5.92 Å². The van der Waals surface area contributed by atoms with E-state index < -0.39 is 0 Å². The van der Waals surface area contributed by atoms with Crippen LogP contribution in [0.2, 0.25) is 0 Å². The minimum Gasteiger partial charge on any atom is -0.508 e. The van der Waals surface area contributed by atoms with Gasteiger partial charge in [0.15, 0.2) is 0 Å². The zero-order valence-electron chi connectivity index (χ0n) is 11.7. The van der Waals surface area contributed by atoms with E-state index >= 15 is 0 Å². The number of fused-ring (bicyclic) bond motifs is 1. The first-order valence-corrected chi connectivity index (χ1v) is 7.73. The largest absolute Gasteiger partial charge is 0.508 e. The van der Waals surface area contributed by atoms with Crippen molar-refractivity contribution >= 4 is 0 Å². The second-order valence-corrected chi connectivity index (χ2v) is 6.85. The van der Waals surface area contributed by atoms with Crippen LogP contribution in [0.1, 0.15) is 43.2 Å². The number of hydrogen-bond acceptors (Lipinski definition) is 2. The van der Waals surface area contributed by atoms with Crippen molar-refractivity contribution in [2.24, 2.45) is 5.92 Å². The van der Waals surface area contributed by atoms with Gasteiger partial charge in [0.05, 0.1) is 0 Å². The number of phenols is 1. The summed E-state index contributed by atoms with van der Waals surface area (Å²) in [6.45, 7) is 1.22. The van der Waals surface area contributed by atoms with E-state index in [1.807, 2.05) is 6.07 Å². The van der Waals surface area contributed by atoms with Gasteiger partial charge in [0, 0.05) is 11.5 Å². The van der Waals surface area contributed by atoms with Gasteiger partial charge in [0.2, 0.25) is 0 Å². The van der Waals surface area contributed by atoms with Crippen LogP contribution < -0.4 is 0 Å². The summed E-state index contributed by atoms with van der Waals surface area (Å²) in [5.41, 5.74) is 3.36. The van der Waals surface area contributed by atoms with Gasteiger partial charge >= 0.3 is 0 Å². The number of aromatic hydroxyl groups is 1. The fourth-order valence-corrected chi connectivity index (χ4v) is 5.18. The molecule has 2 heteroatoms. The molecule has 1 heterocycles. The van der Waals surface area contributed by atoms with Crippen LogP contribution in [0.4, 0.5) is 0 Å². The average Bonchev–Trinajstić information content (AvgIpc) is 2.43. The first kappa shape index (κ1) is 11.8. The molecule has 1 aromatic rings. The Morgan fingerprint density at radius 1 is 1.26 bits per heavy atom. The van der Waals surface area contributed by atoms with Gasteiger partial charge in [-0.15, -0.1) is 0 Å². The maximum absolute atomic E-state index is 9.91. The first-order chi connectivity index (χ1) is 9.21. The zero-order chi connectivity index (χ0) is 13.0. The normalized spacial score (nSPS) is 37.5. The third-order valence-electron chi connectivity index (χ3n) is 6.10. The minimum atomic E-state index is 0.377. The molecular formula is C17H23NO. The molecule has 2 fully saturated rings. The Balaban J connectivity index is 1.90. The number of piperidine rings is 1. The Morgan fingerprint density at radius 2 is 2.16 bits per heavy atom. The molecule has 0 aromatic heterocycles. The van der Waals surface area contributed by atoms with E-state index in [4.69, 9.17) is 0 Å². The van der Waals surface area contributed by atoms with Crippen molar-refractivity contribution in [3.05, 3.63) is 29.3 Å². The third-order valence-corrected chi connectivity index (χ3v) is 6.10. The summed E-state index contributed by atoms with van der Waals surface area (Å²) in [7, 11) is 2.30. The molecule has 102 valence electrons. The highest BCUT2D eigenvalue weighted by atomic mass is 16.3. The Morgan fingerprint density at radius 3 is 3.05 bits per heavy atom. The van der Waals surface area contributed by atoms with Gasteiger partial charge < -0.3 is 10.0 Å². The molecular weight excluding hydrogens is 234 g/mol. The predicted octanol–water partition coefficient (Wildman–Crippen LogP) is 3.08. The molecule has 0 amide bonds. The molecule has 4 rings (SSSR count). The Labute approximate surface area is 115 Å². The van der Waals surface area contributed by atoms with Gasteiger partial charge in [-0.05, 0) is 68.5 Å². The topological polar surface area (TPSA) is 23.5 Å². The summed E-state index contributed by atoms with van der Waals surface area (Å²) >= 11 is 0. The summed E-state index contributed by atoms with van der Waals surface area (Å²) in [5, 5.41) is 9.91. The molecule has 1 aliphatic heterocycles. The molecule has 1 N–H and O–H groups in total. The van der Waals surface area contributed by atoms with Gasteiger partial charge in [-0.1, -0.05) is 18.9 Å². The third kappa shape index (κ3) is 1.53. The maximum Gasteiger partial charge on any atom is 0.115 e. The highest BCUT2D eigenvalue weighted by Crippen LogP contribution is 2.55. The lowest BCUT2D eigenvalue weighted by Gasteiger charge is -2.58. The van der Waals surface area contributed by atoms with E-state index in [-0.39, 0.29) is 0 Å². The molecule has 2 nitrogen and oxygen atoms in total. The van der Waals surface area contributed by atoms with Crippen molar-refractivity contribution in [2.45, 2.75) is 50.0 Å². The summed E-state index contributed by atoms with van der Waals surface area (Å²) in [5.74, 6) is 1.27. The molecule has 2 bridgehead atoms. The lowest BCUT2D eigenvalue weighted by atomic mass is 9.52. The molecule has 3 atom stereocenters. The van der Waals surface area contributed by atoms with E-state index in [1.54, 1.807) is 0 Å². The standard InChI is InChI=1S/C17H23NO/c1-18-9-8-17-7-3-2-4-14(17)16(18)10-12-5-6-13(19)11-15(12)17/h5-6,11,14,16,19H,2-4,7-10H2,1H3/t14?,16?,17-/m0/s1. The van der Waals surface area contributed by atoms with Crippen molar-refractivity contribution in [1.82, 2.24) is 4.90 Å². The predicted molar refractivity (Wildman–Crippen MR) is 76.5 cm³/mol. The molecule has 3 aliphatic rings. The van der Waals surface area contributed by atoms with Gasteiger partial charge in [0.1, 0.15) is 5.75 Å². The van der Waals surface area contributed by atoms with Crippen LogP contribution in [0.3, 0.4) is 0 Å². The molecule has 2 aliphatic carbocycles. The van der Waals surface area contributed by atoms with Crippen molar-refractivity contribution < 1.29 is 5.11 Å². The summed E-state index contributed by atoms with van der Waals surface area (Å²) in [6, 6.07) is 6.85. The van der Waals surface area contributed by atoms with Crippen molar-refractivity contribution in [3.63, 3.8) is 0 Å². The number of rotatable bonds is 0. The minimum absolute atomic E-state index is 0.377. The van der Waals surface area contributed by atoms with E-state index in [0.29, 0.717) is 11.2 Å². The molecule has 1 saturated carbocycles. The Bertz CT molecular complexity index is 512.